The van der Waals surface area contributed by atoms with E-state index in [1.165, 1.54) is 12.0 Å². The van der Waals surface area contributed by atoms with E-state index in [2.05, 4.69) is 56.4 Å². The van der Waals surface area contributed by atoms with E-state index in [1.807, 2.05) is 0 Å². The molecule has 0 radical (unpaired) electrons. The smallest absolute Gasteiger partial charge is 0.0456 e. The maximum atomic E-state index is 9.02. The molecule has 0 saturated carbocycles. The van der Waals surface area contributed by atoms with Crippen LogP contribution in [0.25, 0.3) is 0 Å². The van der Waals surface area contributed by atoms with Crippen molar-refractivity contribution in [3.8, 4) is 0 Å². The lowest BCUT2D eigenvalue weighted by Crippen LogP contribution is -2.24. The molecule has 1 aromatic rings. The second-order valence-electron chi connectivity index (χ2n) is 5.98. The molecule has 0 fully saturated rings. The molecule has 0 aliphatic carbocycles. The molecule has 0 aliphatic heterocycles. The molecule has 2 N–H and O–H groups in total. The van der Waals surface area contributed by atoms with Gasteiger partial charge in [-0.25, -0.2) is 0 Å². The van der Waals surface area contributed by atoms with Crippen molar-refractivity contribution >= 4 is 0 Å². The minimum absolute atomic E-state index is 0.300. The van der Waals surface area contributed by atoms with Crippen LogP contribution in [0, 0.1) is 11.8 Å². The van der Waals surface area contributed by atoms with Crippen molar-refractivity contribution in [1.82, 2.24) is 5.32 Å². The Hall–Kier alpha value is -0.860. The van der Waals surface area contributed by atoms with Gasteiger partial charge in [-0.2, -0.15) is 0 Å². The van der Waals surface area contributed by atoms with Crippen LogP contribution < -0.4 is 5.32 Å². The number of benzene rings is 1. The van der Waals surface area contributed by atoms with Crippen molar-refractivity contribution in [2.24, 2.45) is 11.8 Å². The van der Waals surface area contributed by atoms with Crippen molar-refractivity contribution in [1.29, 1.82) is 0 Å². The number of hydrogen-bond acceptors (Lipinski definition) is 2. The van der Waals surface area contributed by atoms with Gasteiger partial charge >= 0.3 is 0 Å². The van der Waals surface area contributed by atoms with Crippen LogP contribution in [0.3, 0.4) is 0 Å². The molecule has 2 heteroatoms. The van der Waals surface area contributed by atoms with Crippen molar-refractivity contribution < 1.29 is 5.11 Å². The summed E-state index contributed by atoms with van der Waals surface area (Å²) in [7, 11) is 0. The summed E-state index contributed by atoms with van der Waals surface area (Å²) in [4.78, 5) is 0. The van der Waals surface area contributed by atoms with Gasteiger partial charge in [-0.05, 0) is 43.2 Å². The first-order valence-electron chi connectivity index (χ1n) is 7.52. The molecule has 0 heterocycles. The number of aliphatic hydroxyl groups is 1. The zero-order chi connectivity index (χ0) is 14.1. The van der Waals surface area contributed by atoms with Gasteiger partial charge in [0.1, 0.15) is 0 Å². The Bertz CT molecular complexity index is 323. The molecule has 2 nitrogen and oxygen atoms in total. The molecule has 0 spiro atoms. The molecule has 19 heavy (non-hydrogen) atoms. The van der Waals surface area contributed by atoms with Gasteiger partial charge in [0, 0.05) is 12.6 Å². The van der Waals surface area contributed by atoms with E-state index >= 15 is 0 Å². The summed E-state index contributed by atoms with van der Waals surface area (Å²) in [5.41, 5.74) is 1.38. The maximum Gasteiger partial charge on any atom is 0.0456 e. The van der Waals surface area contributed by atoms with E-state index in [0.717, 1.165) is 19.4 Å². The topological polar surface area (TPSA) is 32.3 Å². The fourth-order valence-corrected chi connectivity index (χ4v) is 2.31. The highest BCUT2D eigenvalue weighted by Crippen LogP contribution is 2.21. The van der Waals surface area contributed by atoms with Crippen LogP contribution in [0.5, 0.6) is 0 Å². The lowest BCUT2D eigenvalue weighted by molar-refractivity contribution is 0.227. The molecular formula is C17H29NO. The van der Waals surface area contributed by atoms with Gasteiger partial charge in [-0.3, -0.25) is 0 Å². The lowest BCUT2D eigenvalue weighted by atomic mass is 9.96. The molecule has 0 aliphatic rings. The van der Waals surface area contributed by atoms with Crippen molar-refractivity contribution in [2.75, 3.05) is 13.2 Å². The van der Waals surface area contributed by atoms with Gasteiger partial charge in [0.15, 0.2) is 0 Å². The first kappa shape index (κ1) is 16.2. The first-order chi connectivity index (χ1) is 9.13. The summed E-state index contributed by atoms with van der Waals surface area (Å²) >= 11 is 0. The second-order valence-corrected chi connectivity index (χ2v) is 5.98. The minimum atomic E-state index is 0.300. The van der Waals surface area contributed by atoms with Crippen molar-refractivity contribution in [2.45, 2.75) is 46.1 Å². The summed E-state index contributed by atoms with van der Waals surface area (Å²) in [6.07, 6.45) is 3.38. The van der Waals surface area contributed by atoms with Crippen molar-refractivity contribution in [3.63, 3.8) is 0 Å². The summed E-state index contributed by atoms with van der Waals surface area (Å²) in [5.74, 6) is 1.11. The normalized spacial score (nSPS) is 14.6. The summed E-state index contributed by atoms with van der Waals surface area (Å²) < 4.78 is 0. The Morgan fingerprint density at radius 1 is 1.11 bits per heavy atom. The van der Waals surface area contributed by atoms with Crippen LogP contribution in [0.4, 0.5) is 0 Å². The highest BCUT2D eigenvalue weighted by atomic mass is 16.3. The summed E-state index contributed by atoms with van der Waals surface area (Å²) in [6, 6.07) is 11.1. The third-order valence-corrected chi connectivity index (χ3v) is 3.49. The van der Waals surface area contributed by atoms with Gasteiger partial charge in [0.2, 0.25) is 0 Å². The number of rotatable bonds is 9. The average Bonchev–Trinajstić information content (AvgIpc) is 2.42. The molecule has 1 rings (SSSR count). The van der Waals surface area contributed by atoms with Crippen LogP contribution in [0.15, 0.2) is 30.3 Å². The van der Waals surface area contributed by atoms with E-state index in [0.29, 0.717) is 24.5 Å². The summed E-state index contributed by atoms with van der Waals surface area (Å²) in [5, 5.41) is 12.7. The molecule has 0 aromatic heterocycles. The average molecular weight is 263 g/mol. The lowest BCUT2D eigenvalue weighted by Gasteiger charge is -2.21. The standard InChI is InChI=1S/C17H29NO/c1-14(2)12-17(16-9-5-4-6-10-16)18-11-7-8-15(3)13-19/h4-6,9-10,14-15,17-19H,7-8,11-13H2,1-3H3. The molecule has 2 unspecified atom stereocenters. The third-order valence-electron chi connectivity index (χ3n) is 3.49. The van der Waals surface area contributed by atoms with E-state index in [9.17, 15) is 0 Å². The molecule has 0 bridgehead atoms. The zero-order valence-corrected chi connectivity index (χ0v) is 12.6. The quantitative estimate of drug-likeness (QED) is 0.665. The van der Waals surface area contributed by atoms with E-state index in [1.54, 1.807) is 0 Å². The third kappa shape index (κ3) is 6.74. The van der Waals surface area contributed by atoms with E-state index < -0.39 is 0 Å². The molecule has 0 saturated heterocycles. The Morgan fingerprint density at radius 3 is 2.37 bits per heavy atom. The van der Waals surface area contributed by atoms with Crippen LogP contribution in [-0.4, -0.2) is 18.3 Å². The number of nitrogens with one attached hydrogen (secondary N) is 1. The predicted molar refractivity (Wildman–Crippen MR) is 82.1 cm³/mol. The number of hydrogen-bond donors (Lipinski definition) is 2. The van der Waals surface area contributed by atoms with Gasteiger partial charge in [0.25, 0.3) is 0 Å². The Balaban J connectivity index is 2.43. The van der Waals surface area contributed by atoms with Crippen molar-refractivity contribution in [3.05, 3.63) is 35.9 Å². The monoisotopic (exact) mass is 263 g/mol. The molecule has 108 valence electrons. The van der Waals surface area contributed by atoms with Crippen LogP contribution in [0.2, 0.25) is 0 Å². The highest BCUT2D eigenvalue weighted by Gasteiger charge is 2.12. The molecule has 2 atom stereocenters. The van der Waals surface area contributed by atoms with Gasteiger partial charge in [-0.15, -0.1) is 0 Å². The maximum absolute atomic E-state index is 9.02. The summed E-state index contributed by atoms with van der Waals surface area (Å²) in [6.45, 7) is 7.96. The second kappa shape index (κ2) is 9.11. The highest BCUT2D eigenvalue weighted by molar-refractivity contribution is 5.18. The molecule has 1 aromatic carbocycles. The minimum Gasteiger partial charge on any atom is -0.396 e. The van der Waals surface area contributed by atoms with E-state index in [-0.39, 0.29) is 0 Å². The Kier molecular flexibility index (Phi) is 7.76. The number of aliphatic hydroxyl groups excluding tert-OH is 1. The van der Waals surface area contributed by atoms with Gasteiger partial charge in [0.05, 0.1) is 0 Å². The zero-order valence-electron chi connectivity index (χ0n) is 12.6. The molecule has 0 amide bonds. The van der Waals surface area contributed by atoms with E-state index in [4.69, 9.17) is 5.11 Å². The molecular weight excluding hydrogens is 234 g/mol. The van der Waals surface area contributed by atoms with Gasteiger partial charge in [-0.1, -0.05) is 51.1 Å². The van der Waals surface area contributed by atoms with Crippen LogP contribution in [0.1, 0.15) is 51.6 Å². The van der Waals surface area contributed by atoms with Crippen LogP contribution >= 0.6 is 0 Å². The fourth-order valence-electron chi connectivity index (χ4n) is 2.31. The largest absolute Gasteiger partial charge is 0.396 e. The van der Waals surface area contributed by atoms with Crippen LogP contribution in [-0.2, 0) is 0 Å². The fraction of sp³-hybridized carbons (Fsp3) is 0.647. The predicted octanol–water partition coefficient (Wildman–Crippen LogP) is 3.77. The first-order valence-corrected chi connectivity index (χ1v) is 7.52. The SMILES string of the molecule is CC(C)CC(NCCCC(C)CO)c1ccccc1. The van der Waals surface area contributed by atoms with Gasteiger partial charge < -0.3 is 10.4 Å². The Labute approximate surface area is 118 Å². The Morgan fingerprint density at radius 2 is 1.79 bits per heavy atom.